The molecule has 220 valence electrons. The van der Waals surface area contributed by atoms with Gasteiger partial charge in [0.2, 0.25) is 24.1 Å². The molecule has 1 aromatic rings. The Hall–Kier alpha value is -3.10. The van der Waals surface area contributed by atoms with Crippen LogP contribution >= 0.6 is 0 Å². The molecule has 1 unspecified atom stereocenters. The number of rotatable bonds is 23. The van der Waals surface area contributed by atoms with E-state index in [0.29, 0.717) is 64.9 Å². The first-order valence-corrected chi connectivity index (χ1v) is 12.9. The number of hydrogen-bond acceptors (Lipinski definition) is 9. The number of anilines is 1. The molecule has 0 aliphatic carbocycles. The highest BCUT2D eigenvalue weighted by atomic mass is 16.6. The quantitative estimate of drug-likeness (QED) is 0.0889. The summed E-state index contributed by atoms with van der Waals surface area (Å²) >= 11 is 0. The fraction of sp³-hybridized carbons (Fsp3) is 0.615. The first kappa shape index (κ1) is 33.9. The Bertz CT molecular complexity index is 837. The highest BCUT2D eigenvalue weighted by molar-refractivity contribution is 5.96. The molecule has 0 radical (unpaired) electrons. The lowest BCUT2D eigenvalue weighted by Gasteiger charge is -2.21. The second-order valence-electron chi connectivity index (χ2n) is 8.68. The van der Waals surface area contributed by atoms with Crippen LogP contribution in [0.25, 0.3) is 0 Å². The molecule has 0 saturated carbocycles. The van der Waals surface area contributed by atoms with Crippen LogP contribution in [0.1, 0.15) is 25.8 Å². The van der Waals surface area contributed by atoms with Crippen LogP contribution in [0.5, 0.6) is 0 Å². The number of aliphatic hydroxyl groups is 1. The molecule has 0 aliphatic heterocycles. The molecule has 0 bridgehead atoms. The summed E-state index contributed by atoms with van der Waals surface area (Å²) in [6.45, 7) is 6.66. The Labute approximate surface area is 229 Å². The minimum Gasteiger partial charge on any atom is -0.392 e. The molecule has 39 heavy (non-hydrogen) atoms. The molecule has 0 fully saturated rings. The van der Waals surface area contributed by atoms with E-state index in [1.165, 1.54) is 0 Å². The predicted molar refractivity (Wildman–Crippen MR) is 143 cm³/mol. The van der Waals surface area contributed by atoms with Gasteiger partial charge in [-0.2, -0.15) is 0 Å². The van der Waals surface area contributed by atoms with E-state index < -0.39 is 17.9 Å². The minimum absolute atomic E-state index is 0.0757. The van der Waals surface area contributed by atoms with Crippen molar-refractivity contribution in [2.45, 2.75) is 32.9 Å². The van der Waals surface area contributed by atoms with Gasteiger partial charge in [0.25, 0.3) is 0 Å². The van der Waals surface area contributed by atoms with Crippen molar-refractivity contribution in [1.82, 2.24) is 16.0 Å². The molecule has 13 heteroatoms. The smallest absolute Gasteiger partial charge is 0.243 e. The van der Waals surface area contributed by atoms with Gasteiger partial charge in [0.05, 0.1) is 66.0 Å². The summed E-state index contributed by atoms with van der Waals surface area (Å²) < 4.78 is 21.4. The van der Waals surface area contributed by atoms with Crippen molar-refractivity contribution in [2.75, 3.05) is 71.3 Å². The van der Waals surface area contributed by atoms with Gasteiger partial charge in [-0.15, -0.1) is 0 Å². The Morgan fingerprint density at radius 3 is 1.95 bits per heavy atom. The van der Waals surface area contributed by atoms with Gasteiger partial charge >= 0.3 is 0 Å². The maximum absolute atomic E-state index is 12.6. The highest BCUT2D eigenvalue weighted by Crippen LogP contribution is 2.09. The van der Waals surface area contributed by atoms with Crippen LogP contribution < -0.4 is 21.3 Å². The lowest BCUT2D eigenvalue weighted by atomic mass is 10.0. The van der Waals surface area contributed by atoms with Crippen molar-refractivity contribution in [3.8, 4) is 0 Å². The second kappa shape index (κ2) is 21.8. The van der Waals surface area contributed by atoms with Crippen LogP contribution in [0, 0.1) is 5.92 Å². The summed E-state index contributed by atoms with van der Waals surface area (Å²) in [7, 11) is 0. The number of hydrogen-bond donors (Lipinski definition) is 5. The fourth-order valence-corrected chi connectivity index (χ4v) is 3.07. The van der Waals surface area contributed by atoms with Crippen molar-refractivity contribution in [1.29, 1.82) is 0 Å². The molecular weight excluding hydrogens is 512 g/mol. The van der Waals surface area contributed by atoms with Gasteiger partial charge in [-0.05, 0) is 23.6 Å². The maximum Gasteiger partial charge on any atom is 0.243 e. The van der Waals surface area contributed by atoms with Crippen LogP contribution in [0.4, 0.5) is 5.69 Å². The molecule has 0 heterocycles. The SMILES string of the molecule is CC(C)C(NC(=O)CCOCCOCCOCCOCCNC=O)C(=O)NCC(=O)Nc1ccc(CO)cc1. The van der Waals surface area contributed by atoms with E-state index >= 15 is 0 Å². The number of ether oxygens (including phenoxy) is 4. The van der Waals surface area contributed by atoms with E-state index in [0.717, 1.165) is 5.56 Å². The van der Waals surface area contributed by atoms with Gasteiger partial charge in [-0.3, -0.25) is 19.2 Å². The van der Waals surface area contributed by atoms with Gasteiger partial charge in [0.15, 0.2) is 0 Å². The van der Waals surface area contributed by atoms with E-state index in [4.69, 9.17) is 24.1 Å². The predicted octanol–water partition coefficient (Wildman–Crippen LogP) is -0.423. The molecule has 0 aliphatic rings. The number of benzene rings is 1. The molecule has 1 rings (SSSR count). The second-order valence-corrected chi connectivity index (χ2v) is 8.68. The highest BCUT2D eigenvalue weighted by Gasteiger charge is 2.24. The molecule has 0 spiro atoms. The van der Waals surface area contributed by atoms with Crippen LogP contribution in [-0.2, 0) is 44.7 Å². The third-order valence-electron chi connectivity index (χ3n) is 5.17. The van der Waals surface area contributed by atoms with E-state index in [2.05, 4.69) is 21.3 Å². The number of amides is 4. The molecule has 0 aromatic heterocycles. The number of aliphatic hydroxyl groups excluding tert-OH is 1. The van der Waals surface area contributed by atoms with Crippen LogP contribution in [0.3, 0.4) is 0 Å². The summed E-state index contributed by atoms with van der Waals surface area (Å²) in [6, 6.07) is 5.89. The van der Waals surface area contributed by atoms with Crippen molar-refractivity contribution < 1.29 is 43.2 Å². The number of carbonyl (C=O) groups excluding carboxylic acids is 4. The van der Waals surface area contributed by atoms with Crippen LogP contribution in [0.15, 0.2) is 24.3 Å². The molecule has 5 N–H and O–H groups in total. The Morgan fingerprint density at radius 1 is 0.846 bits per heavy atom. The Kier molecular flexibility index (Phi) is 19.0. The van der Waals surface area contributed by atoms with Crippen molar-refractivity contribution >= 4 is 29.8 Å². The third-order valence-corrected chi connectivity index (χ3v) is 5.17. The summed E-state index contributed by atoms with van der Waals surface area (Å²) in [6.07, 6.45) is 0.695. The monoisotopic (exact) mass is 554 g/mol. The Morgan fingerprint density at radius 2 is 1.41 bits per heavy atom. The van der Waals surface area contributed by atoms with E-state index in [9.17, 15) is 19.2 Å². The maximum atomic E-state index is 12.6. The average Bonchev–Trinajstić information content (AvgIpc) is 2.92. The zero-order chi connectivity index (χ0) is 28.7. The summed E-state index contributed by atoms with van der Waals surface area (Å²) in [4.78, 5) is 47.1. The van der Waals surface area contributed by atoms with Gasteiger partial charge in [-0.25, -0.2) is 0 Å². The van der Waals surface area contributed by atoms with Crippen molar-refractivity contribution in [3.63, 3.8) is 0 Å². The lowest BCUT2D eigenvalue weighted by Crippen LogP contribution is -2.51. The molecule has 13 nitrogen and oxygen atoms in total. The standard InChI is InChI=1S/C26H42N4O9/c1-20(2)25(26(35)28-17-24(34)29-22-5-3-21(18-31)4-6-22)30-23(33)7-9-36-11-13-38-15-16-39-14-12-37-10-8-27-19-32/h3-6,19-20,25,31H,7-18H2,1-2H3,(H,27,32)(H,28,35)(H,29,34)(H,30,33). The zero-order valence-corrected chi connectivity index (χ0v) is 22.7. The summed E-state index contributed by atoms with van der Waals surface area (Å²) in [5.41, 5.74) is 1.26. The van der Waals surface area contributed by atoms with E-state index in [-0.39, 0.29) is 38.0 Å². The normalized spacial score (nSPS) is 11.6. The first-order valence-electron chi connectivity index (χ1n) is 12.9. The number of nitrogens with one attached hydrogen (secondary N) is 4. The molecule has 4 amide bonds. The minimum atomic E-state index is -0.795. The van der Waals surface area contributed by atoms with Gasteiger partial charge in [-0.1, -0.05) is 26.0 Å². The van der Waals surface area contributed by atoms with E-state index in [1.807, 2.05) is 0 Å². The molecular formula is C26H42N4O9. The van der Waals surface area contributed by atoms with Gasteiger partial charge in [0.1, 0.15) is 6.04 Å². The van der Waals surface area contributed by atoms with E-state index in [1.54, 1.807) is 38.1 Å². The lowest BCUT2D eigenvalue weighted by molar-refractivity contribution is -0.131. The van der Waals surface area contributed by atoms with Crippen molar-refractivity contribution in [2.24, 2.45) is 5.92 Å². The summed E-state index contributed by atoms with van der Waals surface area (Å²) in [5.74, 6) is -1.39. The molecule has 1 atom stereocenters. The average molecular weight is 555 g/mol. The summed E-state index contributed by atoms with van der Waals surface area (Å²) in [5, 5.41) is 19.5. The largest absolute Gasteiger partial charge is 0.392 e. The molecule has 0 saturated heterocycles. The van der Waals surface area contributed by atoms with Gasteiger partial charge < -0.3 is 45.3 Å². The Balaban J connectivity index is 2.12. The van der Waals surface area contributed by atoms with Crippen LogP contribution in [0.2, 0.25) is 0 Å². The topological polar surface area (TPSA) is 174 Å². The van der Waals surface area contributed by atoms with Gasteiger partial charge in [0, 0.05) is 18.7 Å². The third kappa shape index (κ3) is 17.2. The fourth-order valence-electron chi connectivity index (χ4n) is 3.07. The molecule has 1 aromatic carbocycles. The van der Waals surface area contributed by atoms with Crippen molar-refractivity contribution in [3.05, 3.63) is 29.8 Å². The van der Waals surface area contributed by atoms with Crippen LogP contribution in [-0.4, -0.2) is 101 Å². The first-order chi connectivity index (χ1) is 18.9. The zero-order valence-electron chi connectivity index (χ0n) is 22.7. The number of carbonyl (C=O) groups is 4.